The van der Waals surface area contributed by atoms with Gasteiger partial charge in [0.25, 0.3) is 0 Å². The summed E-state index contributed by atoms with van der Waals surface area (Å²) in [6.45, 7) is 6.95. The van der Waals surface area contributed by atoms with E-state index in [4.69, 9.17) is 0 Å². The predicted molar refractivity (Wildman–Crippen MR) is 95.7 cm³/mol. The highest BCUT2D eigenvalue weighted by Crippen LogP contribution is 2.20. The minimum Gasteiger partial charge on any atom is -0.369 e. The Morgan fingerprint density at radius 2 is 1.58 bits per heavy atom. The standard InChI is InChI=1S/C18H26N6/c1(8-19-16-2-3-16)9-22-10-12-23(13-11-22)17-4-6-18(7-5-17)24-14-20-21-15-24/h4-7,14-16,19H,1-3,8-13H2. The maximum absolute atomic E-state index is 3.86. The van der Waals surface area contributed by atoms with Crippen molar-refractivity contribution in [1.29, 1.82) is 0 Å². The highest BCUT2D eigenvalue weighted by Gasteiger charge is 2.20. The summed E-state index contributed by atoms with van der Waals surface area (Å²) < 4.78 is 1.93. The molecular weight excluding hydrogens is 300 g/mol. The van der Waals surface area contributed by atoms with Gasteiger partial charge in [-0.25, -0.2) is 0 Å². The quantitative estimate of drug-likeness (QED) is 0.782. The topological polar surface area (TPSA) is 49.2 Å². The van der Waals surface area contributed by atoms with Crippen LogP contribution in [-0.4, -0.2) is 65.0 Å². The molecule has 1 saturated carbocycles. The molecule has 24 heavy (non-hydrogen) atoms. The molecule has 1 aromatic heterocycles. The molecule has 2 aromatic rings. The maximum atomic E-state index is 3.86. The lowest BCUT2D eigenvalue weighted by Gasteiger charge is -2.36. The lowest BCUT2D eigenvalue weighted by atomic mass is 10.2. The molecule has 1 aliphatic heterocycles. The van der Waals surface area contributed by atoms with Gasteiger partial charge in [-0.3, -0.25) is 9.47 Å². The first kappa shape index (κ1) is 15.6. The number of nitrogens with zero attached hydrogens (tertiary/aromatic N) is 5. The SMILES string of the molecule is c1cc(-n2cnnc2)ccc1N1CCN(CCCNC2CC2)CC1. The second-order valence-corrected chi connectivity index (χ2v) is 6.80. The van der Waals surface area contributed by atoms with Crippen LogP contribution in [0.3, 0.4) is 0 Å². The minimum atomic E-state index is 0.836. The zero-order valence-electron chi connectivity index (χ0n) is 14.1. The van der Waals surface area contributed by atoms with Crippen molar-refractivity contribution in [2.45, 2.75) is 25.3 Å². The van der Waals surface area contributed by atoms with Crippen LogP contribution in [0.4, 0.5) is 5.69 Å². The van der Waals surface area contributed by atoms with E-state index >= 15 is 0 Å². The minimum absolute atomic E-state index is 0.836. The Balaban J connectivity index is 1.23. The Morgan fingerprint density at radius 1 is 0.917 bits per heavy atom. The predicted octanol–water partition coefficient (Wildman–Crippen LogP) is 1.53. The Labute approximate surface area is 143 Å². The van der Waals surface area contributed by atoms with E-state index in [1.54, 1.807) is 12.7 Å². The summed E-state index contributed by atoms with van der Waals surface area (Å²) in [6, 6.07) is 9.50. The highest BCUT2D eigenvalue weighted by molar-refractivity contribution is 5.51. The van der Waals surface area contributed by atoms with Crippen LogP contribution in [0.5, 0.6) is 0 Å². The first-order valence-corrected chi connectivity index (χ1v) is 9.04. The maximum Gasteiger partial charge on any atom is 0.123 e. The second-order valence-electron chi connectivity index (χ2n) is 6.80. The van der Waals surface area contributed by atoms with Crippen LogP contribution >= 0.6 is 0 Å². The van der Waals surface area contributed by atoms with Gasteiger partial charge in [-0.1, -0.05) is 0 Å². The molecule has 2 heterocycles. The molecule has 0 unspecified atom stereocenters. The Bertz CT molecular complexity index is 611. The monoisotopic (exact) mass is 326 g/mol. The zero-order chi connectivity index (χ0) is 16.2. The van der Waals surface area contributed by atoms with Gasteiger partial charge in [0.1, 0.15) is 12.7 Å². The van der Waals surface area contributed by atoms with Crippen molar-refractivity contribution < 1.29 is 0 Å². The van der Waals surface area contributed by atoms with E-state index in [0.717, 1.165) is 37.9 Å². The van der Waals surface area contributed by atoms with E-state index < -0.39 is 0 Å². The molecule has 2 fully saturated rings. The van der Waals surface area contributed by atoms with Crippen molar-refractivity contribution in [3.05, 3.63) is 36.9 Å². The number of piperazine rings is 1. The van der Waals surface area contributed by atoms with Crippen LogP contribution in [0, 0.1) is 0 Å². The molecule has 0 atom stereocenters. The van der Waals surface area contributed by atoms with Gasteiger partial charge < -0.3 is 10.2 Å². The van der Waals surface area contributed by atoms with Crippen LogP contribution in [-0.2, 0) is 0 Å². The van der Waals surface area contributed by atoms with Crippen molar-refractivity contribution in [3.8, 4) is 5.69 Å². The van der Waals surface area contributed by atoms with Crippen molar-refractivity contribution in [2.75, 3.05) is 44.2 Å². The van der Waals surface area contributed by atoms with Crippen LogP contribution in [0.25, 0.3) is 5.69 Å². The lowest BCUT2D eigenvalue weighted by molar-refractivity contribution is 0.254. The van der Waals surface area contributed by atoms with Crippen molar-refractivity contribution in [2.24, 2.45) is 0 Å². The van der Waals surface area contributed by atoms with Gasteiger partial charge in [-0.05, 0) is 56.6 Å². The van der Waals surface area contributed by atoms with E-state index in [9.17, 15) is 0 Å². The average Bonchev–Trinajstić information content (AvgIpc) is 3.30. The number of nitrogens with one attached hydrogen (secondary N) is 1. The number of aromatic nitrogens is 3. The molecule has 6 nitrogen and oxygen atoms in total. The summed E-state index contributed by atoms with van der Waals surface area (Å²) in [4.78, 5) is 5.07. The molecular formula is C18H26N6. The molecule has 0 amide bonds. The van der Waals surface area contributed by atoms with Gasteiger partial charge in [-0.2, -0.15) is 0 Å². The molecule has 1 aliphatic carbocycles. The fraction of sp³-hybridized carbons (Fsp3) is 0.556. The van der Waals surface area contributed by atoms with E-state index in [2.05, 4.69) is 49.6 Å². The Morgan fingerprint density at radius 3 is 2.25 bits per heavy atom. The van der Waals surface area contributed by atoms with E-state index in [0.29, 0.717) is 0 Å². The van der Waals surface area contributed by atoms with Crippen LogP contribution < -0.4 is 10.2 Å². The summed E-state index contributed by atoms with van der Waals surface area (Å²) in [6.07, 6.45) is 7.49. The van der Waals surface area contributed by atoms with Gasteiger partial charge in [0.05, 0.1) is 0 Å². The molecule has 2 aliphatic rings. The zero-order valence-corrected chi connectivity index (χ0v) is 14.1. The second kappa shape index (κ2) is 7.32. The third-order valence-corrected chi connectivity index (χ3v) is 4.97. The molecule has 1 N–H and O–H groups in total. The Hall–Kier alpha value is -1.92. The fourth-order valence-electron chi connectivity index (χ4n) is 3.30. The third-order valence-electron chi connectivity index (χ3n) is 4.97. The molecule has 128 valence electrons. The number of rotatable bonds is 7. The van der Waals surface area contributed by atoms with Crippen molar-refractivity contribution in [1.82, 2.24) is 25.0 Å². The van der Waals surface area contributed by atoms with Crippen molar-refractivity contribution in [3.63, 3.8) is 0 Å². The van der Waals surface area contributed by atoms with Gasteiger partial charge in [0.2, 0.25) is 0 Å². The molecule has 0 spiro atoms. The summed E-state index contributed by atoms with van der Waals surface area (Å²) >= 11 is 0. The van der Waals surface area contributed by atoms with E-state index in [1.165, 1.54) is 38.0 Å². The molecule has 0 radical (unpaired) electrons. The Kier molecular flexibility index (Phi) is 4.76. The van der Waals surface area contributed by atoms with E-state index in [1.807, 2.05) is 4.57 Å². The normalized spacial score (nSPS) is 18.9. The van der Waals surface area contributed by atoms with Crippen LogP contribution in [0.2, 0.25) is 0 Å². The first-order valence-electron chi connectivity index (χ1n) is 9.04. The van der Waals surface area contributed by atoms with Crippen LogP contribution in [0.15, 0.2) is 36.9 Å². The summed E-state index contributed by atoms with van der Waals surface area (Å²) in [5, 5.41) is 11.3. The molecule has 4 rings (SSSR count). The third kappa shape index (κ3) is 3.94. The highest BCUT2D eigenvalue weighted by atomic mass is 15.3. The molecule has 1 aromatic carbocycles. The summed E-state index contributed by atoms with van der Waals surface area (Å²) in [5.41, 5.74) is 2.41. The molecule has 6 heteroatoms. The number of hydrogen-bond donors (Lipinski definition) is 1. The lowest BCUT2D eigenvalue weighted by Crippen LogP contribution is -2.47. The average molecular weight is 326 g/mol. The van der Waals surface area contributed by atoms with Gasteiger partial charge >= 0.3 is 0 Å². The first-order chi connectivity index (χ1) is 11.9. The van der Waals surface area contributed by atoms with Gasteiger partial charge in [-0.15, -0.1) is 10.2 Å². The summed E-state index contributed by atoms with van der Waals surface area (Å²) in [7, 11) is 0. The smallest absolute Gasteiger partial charge is 0.123 e. The van der Waals surface area contributed by atoms with E-state index in [-0.39, 0.29) is 0 Å². The summed E-state index contributed by atoms with van der Waals surface area (Å²) in [5.74, 6) is 0. The molecule has 0 bridgehead atoms. The largest absolute Gasteiger partial charge is 0.369 e. The van der Waals surface area contributed by atoms with Crippen molar-refractivity contribution >= 4 is 5.69 Å². The van der Waals surface area contributed by atoms with Gasteiger partial charge in [0.15, 0.2) is 0 Å². The van der Waals surface area contributed by atoms with Crippen LogP contribution in [0.1, 0.15) is 19.3 Å². The number of hydrogen-bond acceptors (Lipinski definition) is 5. The molecule has 1 saturated heterocycles. The fourth-order valence-corrected chi connectivity index (χ4v) is 3.30. The van der Waals surface area contributed by atoms with Gasteiger partial charge in [0, 0.05) is 43.6 Å². The number of anilines is 1. The number of benzene rings is 1.